The smallest absolute Gasteiger partial charge is 0.262 e. The number of ether oxygens (including phenoxy) is 1. The minimum absolute atomic E-state index is 0.0303. The molecule has 154 valence electrons. The number of hydrogen-bond acceptors (Lipinski definition) is 5. The first kappa shape index (κ1) is 19.9. The van der Waals surface area contributed by atoms with E-state index in [2.05, 4.69) is 28.4 Å². The first-order valence-corrected chi connectivity index (χ1v) is 9.97. The zero-order valence-corrected chi connectivity index (χ0v) is 16.9. The molecule has 2 heterocycles. The summed E-state index contributed by atoms with van der Waals surface area (Å²) in [6.07, 6.45) is 2.27. The van der Waals surface area contributed by atoms with Crippen LogP contribution in [0.2, 0.25) is 0 Å². The molecule has 1 amide bonds. The molecule has 30 heavy (non-hydrogen) atoms. The Kier molecular flexibility index (Phi) is 5.95. The first-order chi connectivity index (χ1) is 14.6. The molecule has 0 saturated carbocycles. The van der Waals surface area contributed by atoms with E-state index in [9.17, 15) is 9.59 Å². The van der Waals surface area contributed by atoms with Gasteiger partial charge >= 0.3 is 0 Å². The summed E-state index contributed by atoms with van der Waals surface area (Å²) >= 11 is 0. The maximum Gasteiger partial charge on any atom is 0.262 e. The van der Waals surface area contributed by atoms with Crippen molar-refractivity contribution in [1.82, 2.24) is 4.90 Å². The van der Waals surface area contributed by atoms with Crippen LogP contribution in [0.1, 0.15) is 22.5 Å². The van der Waals surface area contributed by atoms with Gasteiger partial charge in [-0.3, -0.25) is 14.5 Å². The number of carbonyl (C=O) groups excluding carboxylic acids is 1. The number of aryl methyl sites for hydroxylation is 1. The molecule has 0 aliphatic carbocycles. The minimum Gasteiger partial charge on any atom is -0.477 e. The molecule has 1 aliphatic rings. The van der Waals surface area contributed by atoms with Crippen LogP contribution in [0.3, 0.4) is 0 Å². The number of fused-ring (bicyclic) bond motifs is 1. The fourth-order valence-corrected chi connectivity index (χ4v) is 3.58. The Morgan fingerprint density at radius 3 is 2.70 bits per heavy atom. The van der Waals surface area contributed by atoms with Crippen molar-refractivity contribution in [2.45, 2.75) is 26.4 Å². The van der Waals surface area contributed by atoms with E-state index in [1.54, 1.807) is 0 Å². The SMILES string of the molecule is Cc1ccccc1NC(=O)COc1coc(CN2CCc3ccccc3C2)cc1=O. The van der Waals surface area contributed by atoms with E-state index in [1.807, 2.05) is 37.3 Å². The summed E-state index contributed by atoms with van der Waals surface area (Å²) in [4.78, 5) is 26.7. The standard InChI is InChI=1S/C24H24N2O4/c1-17-6-2-5-9-21(17)25-24(28)16-30-23-15-29-20(12-22(23)27)14-26-11-10-18-7-3-4-8-19(18)13-26/h2-9,12,15H,10-11,13-14,16H2,1H3,(H,25,28). The number of carbonyl (C=O) groups is 1. The van der Waals surface area contributed by atoms with Gasteiger partial charge in [0, 0.05) is 24.8 Å². The highest BCUT2D eigenvalue weighted by Gasteiger charge is 2.17. The van der Waals surface area contributed by atoms with Crippen LogP contribution in [0, 0.1) is 6.92 Å². The predicted octanol–water partition coefficient (Wildman–Crippen LogP) is 3.52. The molecule has 0 saturated heterocycles. The van der Waals surface area contributed by atoms with E-state index < -0.39 is 0 Å². The Bertz CT molecular complexity index is 1110. The van der Waals surface area contributed by atoms with Crippen molar-refractivity contribution < 1.29 is 13.9 Å². The molecule has 3 aromatic rings. The van der Waals surface area contributed by atoms with Gasteiger partial charge in [-0.1, -0.05) is 42.5 Å². The van der Waals surface area contributed by atoms with Gasteiger partial charge in [0.15, 0.2) is 6.61 Å². The largest absolute Gasteiger partial charge is 0.477 e. The van der Waals surface area contributed by atoms with E-state index in [1.165, 1.54) is 23.5 Å². The third kappa shape index (κ3) is 4.78. The van der Waals surface area contributed by atoms with Crippen molar-refractivity contribution in [3.8, 4) is 5.75 Å². The Hall–Kier alpha value is -3.38. The summed E-state index contributed by atoms with van der Waals surface area (Å²) in [5.41, 5.74) is 4.07. The van der Waals surface area contributed by atoms with Crippen LogP contribution in [0.15, 0.2) is 70.1 Å². The highest BCUT2D eigenvalue weighted by atomic mass is 16.5. The molecule has 0 fully saturated rings. The van der Waals surface area contributed by atoms with Crippen LogP contribution >= 0.6 is 0 Å². The molecule has 4 rings (SSSR count). The van der Waals surface area contributed by atoms with Gasteiger partial charge in [0.1, 0.15) is 12.0 Å². The third-order valence-electron chi connectivity index (χ3n) is 5.22. The number of nitrogens with one attached hydrogen (secondary N) is 1. The molecule has 1 aliphatic heterocycles. The molecule has 0 spiro atoms. The molecule has 0 radical (unpaired) electrons. The summed E-state index contributed by atoms with van der Waals surface area (Å²) in [5.74, 6) is 0.276. The highest BCUT2D eigenvalue weighted by molar-refractivity contribution is 5.92. The van der Waals surface area contributed by atoms with E-state index in [4.69, 9.17) is 9.15 Å². The lowest BCUT2D eigenvalue weighted by atomic mass is 10.00. The van der Waals surface area contributed by atoms with E-state index >= 15 is 0 Å². The fourth-order valence-electron chi connectivity index (χ4n) is 3.58. The second-order valence-electron chi connectivity index (χ2n) is 7.46. The summed E-state index contributed by atoms with van der Waals surface area (Å²) in [6.45, 7) is 3.94. The molecule has 0 bridgehead atoms. The van der Waals surface area contributed by atoms with Gasteiger partial charge in [-0.25, -0.2) is 0 Å². The Balaban J connectivity index is 1.33. The van der Waals surface area contributed by atoms with Gasteiger partial charge in [0.25, 0.3) is 5.91 Å². The lowest BCUT2D eigenvalue weighted by Crippen LogP contribution is -2.30. The molecule has 1 aromatic heterocycles. The number of nitrogens with zero attached hydrogens (tertiary/aromatic N) is 1. The highest BCUT2D eigenvalue weighted by Crippen LogP contribution is 2.20. The van der Waals surface area contributed by atoms with Crippen LogP contribution in [0.4, 0.5) is 5.69 Å². The van der Waals surface area contributed by atoms with Gasteiger partial charge < -0.3 is 14.5 Å². The molecule has 0 atom stereocenters. The quantitative estimate of drug-likeness (QED) is 0.681. The monoisotopic (exact) mass is 404 g/mol. The van der Waals surface area contributed by atoms with Crippen molar-refractivity contribution in [2.24, 2.45) is 0 Å². The predicted molar refractivity (Wildman–Crippen MR) is 115 cm³/mol. The van der Waals surface area contributed by atoms with Crippen molar-refractivity contribution in [2.75, 3.05) is 18.5 Å². The summed E-state index contributed by atoms with van der Waals surface area (Å²) in [5, 5.41) is 2.77. The van der Waals surface area contributed by atoms with Gasteiger partial charge in [0.05, 0.1) is 6.54 Å². The molecule has 6 nitrogen and oxygen atoms in total. The fraction of sp³-hybridized carbons (Fsp3) is 0.250. The molecule has 6 heteroatoms. The number of anilines is 1. The zero-order chi connectivity index (χ0) is 20.9. The van der Waals surface area contributed by atoms with Crippen LogP contribution in [-0.4, -0.2) is 24.0 Å². The van der Waals surface area contributed by atoms with E-state index in [0.29, 0.717) is 12.3 Å². The Morgan fingerprint density at radius 2 is 1.90 bits per heavy atom. The second kappa shape index (κ2) is 8.97. The number of rotatable bonds is 6. The van der Waals surface area contributed by atoms with Crippen molar-refractivity contribution in [3.63, 3.8) is 0 Å². The van der Waals surface area contributed by atoms with Crippen molar-refractivity contribution in [3.05, 3.63) is 93.5 Å². The number of para-hydroxylation sites is 1. The summed E-state index contributed by atoms with van der Waals surface area (Å²) < 4.78 is 11.0. The maximum atomic E-state index is 12.4. The van der Waals surface area contributed by atoms with Crippen LogP contribution in [-0.2, 0) is 24.3 Å². The third-order valence-corrected chi connectivity index (χ3v) is 5.22. The average molecular weight is 404 g/mol. The Morgan fingerprint density at radius 1 is 1.13 bits per heavy atom. The van der Waals surface area contributed by atoms with E-state index in [-0.39, 0.29) is 23.7 Å². The topological polar surface area (TPSA) is 71.8 Å². The number of benzene rings is 2. The first-order valence-electron chi connectivity index (χ1n) is 9.97. The Labute approximate surface area is 175 Å². The van der Waals surface area contributed by atoms with Gasteiger partial charge in [0.2, 0.25) is 11.2 Å². The summed E-state index contributed by atoms with van der Waals surface area (Å²) in [6, 6.07) is 17.3. The van der Waals surface area contributed by atoms with Gasteiger partial charge in [-0.15, -0.1) is 0 Å². The van der Waals surface area contributed by atoms with Gasteiger partial charge in [-0.2, -0.15) is 0 Å². The molecular weight excluding hydrogens is 380 g/mol. The summed E-state index contributed by atoms with van der Waals surface area (Å²) in [7, 11) is 0. The van der Waals surface area contributed by atoms with Crippen LogP contribution in [0.25, 0.3) is 0 Å². The number of amides is 1. The minimum atomic E-state index is -0.334. The average Bonchev–Trinajstić information content (AvgIpc) is 2.75. The van der Waals surface area contributed by atoms with E-state index in [0.717, 1.165) is 30.8 Å². The van der Waals surface area contributed by atoms with Crippen molar-refractivity contribution >= 4 is 11.6 Å². The molecule has 2 aromatic carbocycles. The van der Waals surface area contributed by atoms with Gasteiger partial charge in [-0.05, 0) is 36.1 Å². The van der Waals surface area contributed by atoms with Crippen LogP contribution in [0.5, 0.6) is 5.75 Å². The van der Waals surface area contributed by atoms with Crippen LogP contribution < -0.4 is 15.5 Å². The lowest BCUT2D eigenvalue weighted by Gasteiger charge is -2.28. The molecule has 1 N–H and O–H groups in total. The maximum absolute atomic E-state index is 12.4. The normalized spacial score (nSPS) is 13.5. The zero-order valence-electron chi connectivity index (χ0n) is 16.9. The molecule has 0 unspecified atom stereocenters. The lowest BCUT2D eigenvalue weighted by molar-refractivity contribution is -0.118. The van der Waals surface area contributed by atoms with Crippen molar-refractivity contribution in [1.29, 1.82) is 0 Å². The second-order valence-corrected chi connectivity index (χ2v) is 7.46. The molecular formula is C24H24N2O4. The number of hydrogen-bond donors (Lipinski definition) is 1.